The summed E-state index contributed by atoms with van der Waals surface area (Å²) >= 11 is 0. The normalized spacial score (nSPS) is 11.9. The lowest BCUT2D eigenvalue weighted by atomic mass is 10.1. The summed E-state index contributed by atoms with van der Waals surface area (Å²) < 4.78 is 29.2. The maximum absolute atomic E-state index is 12.9. The van der Waals surface area contributed by atoms with E-state index in [1.165, 1.54) is 9.87 Å². The second-order valence-electron chi connectivity index (χ2n) is 7.61. The minimum Gasteiger partial charge on any atom is -0.328 e. The van der Waals surface area contributed by atoms with Crippen molar-refractivity contribution in [1.82, 2.24) is 13.9 Å². The molecule has 0 atom stereocenters. The minimum absolute atomic E-state index is 0.0752. The van der Waals surface area contributed by atoms with Gasteiger partial charge in [-0.25, -0.2) is 13.4 Å². The summed E-state index contributed by atoms with van der Waals surface area (Å²) in [5.74, 6) is 0.699. The second-order valence-corrected chi connectivity index (χ2v) is 9.55. The van der Waals surface area contributed by atoms with E-state index in [4.69, 9.17) is 0 Å². The van der Waals surface area contributed by atoms with E-state index in [0.717, 1.165) is 23.4 Å². The summed E-state index contributed by atoms with van der Waals surface area (Å²) in [6.45, 7) is 9.28. The number of aryl methyl sites for hydroxylation is 3. The van der Waals surface area contributed by atoms with E-state index in [9.17, 15) is 13.2 Å². The standard InChI is InChI=1S/C24H32N4O3S/c1-5-18-9-11-19(12-10-18)25-24(29)16-15-23-26-21-17-20(13-14-22(21)28(23)8-4)32(30,31)27(6-2)7-3/h9-14,17H,5-8,15-16H2,1-4H3,(H,25,29). The quantitative estimate of drug-likeness (QED) is 0.495. The monoisotopic (exact) mass is 456 g/mol. The molecule has 0 radical (unpaired) electrons. The van der Waals surface area contributed by atoms with Crippen LogP contribution in [0.1, 0.15) is 45.5 Å². The average molecular weight is 457 g/mol. The smallest absolute Gasteiger partial charge is 0.243 e. The zero-order chi connectivity index (χ0) is 23.3. The molecule has 0 fully saturated rings. The zero-order valence-corrected chi connectivity index (χ0v) is 20.1. The largest absolute Gasteiger partial charge is 0.328 e. The van der Waals surface area contributed by atoms with Crippen LogP contribution < -0.4 is 5.32 Å². The topological polar surface area (TPSA) is 84.3 Å². The van der Waals surface area contributed by atoms with E-state index < -0.39 is 10.0 Å². The van der Waals surface area contributed by atoms with Crippen LogP contribution in [0.5, 0.6) is 0 Å². The van der Waals surface area contributed by atoms with Gasteiger partial charge in [0.15, 0.2) is 0 Å². The Morgan fingerprint density at radius 1 is 1.03 bits per heavy atom. The number of benzene rings is 2. The van der Waals surface area contributed by atoms with Gasteiger partial charge in [-0.15, -0.1) is 0 Å². The second kappa shape index (κ2) is 10.3. The predicted octanol–water partition coefficient (Wildman–Crippen LogP) is 4.22. The van der Waals surface area contributed by atoms with Crippen molar-refractivity contribution in [2.75, 3.05) is 18.4 Å². The summed E-state index contributed by atoms with van der Waals surface area (Å²) in [6.07, 6.45) is 1.72. The Morgan fingerprint density at radius 2 is 1.72 bits per heavy atom. The fourth-order valence-electron chi connectivity index (χ4n) is 3.85. The van der Waals surface area contributed by atoms with Crippen molar-refractivity contribution in [3.05, 3.63) is 53.9 Å². The summed E-state index contributed by atoms with van der Waals surface area (Å²) in [5.41, 5.74) is 3.51. The molecule has 0 aliphatic rings. The first kappa shape index (κ1) is 23.9. The molecule has 8 heteroatoms. The van der Waals surface area contributed by atoms with Gasteiger partial charge in [0.05, 0.1) is 15.9 Å². The first-order chi connectivity index (χ1) is 15.3. The molecule has 1 N–H and O–H groups in total. The van der Waals surface area contributed by atoms with Gasteiger partial charge in [-0.3, -0.25) is 4.79 Å². The van der Waals surface area contributed by atoms with Gasteiger partial charge in [-0.05, 0) is 49.2 Å². The van der Waals surface area contributed by atoms with Crippen molar-refractivity contribution in [1.29, 1.82) is 0 Å². The van der Waals surface area contributed by atoms with Crippen LogP contribution in [0.3, 0.4) is 0 Å². The lowest BCUT2D eigenvalue weighted by Gasteiger charge is -2.18. The molecule has 0 aliphatic heterocycles. The highest BCUT2D eigenvalue weighted by Crippen LogP contribution is 2.23. The third-order valence-electron chi connectivity index (χ3n) is 5.68. The summed E-state index contributed by atoms with van der Waals surface area (Å²) in [5, 5.41) is 2.93. The third kappa shape index (κ3) is 5.02. The molecule has 1 amide bonds. The van der Waals surface area contributed by atoms with Crippen LogP contribution in [0.15, 0.2) is 47.4 Å². The predicted molar refractivity (Wildman–Crippen MR) is 128 cm³/mol. The molecule has 0 aliphatic carbocycles. The number of nitrogens with one attached hydrogen (secondary N) is 1. The summed E-state index contributed by atoms with van der Waals surface area (Å²) in [6, 6.07) is 12.9. The van der Waals surface area contributed by atoms with Crippen LogP contribution >= 0.6 is 0 Å². The lowest BCUT2D eigenvalue weighted by Crippen LogP contribution is -2.30. The molecule has 0 bridgehead atoms. The summed E-state index contributed by atoms with van der Waals surface area (Å²) in [4.78, 5) is 17.4. The van der Waals surface area contributed by atoms with E-state index in [1.54, 1.807) is 18.2 Å². The number of fused-ring (bicyclic) bond motifs is 1. The van der Waals surface area contributed by atoms with Crippen LogP contribution in [0.25, 0.3) is 11.0 Å². The molecule has 0 unspecified atom stereocenters. The van der Waals surface area contributed by atoms with Crippen molar-refractivity contribution in [2.24, 2.45) is 0 Å². The number of carbonyl (C=O) groups is 1. The number of aromatic nitrogens is 2. The highest BCUT2D eigenvalue weighted by atomic mass is 32.2. The Labute approximate surface area is 190 Å². The van der Waals surface area contributed by atoms with Gasteiger partial charge in [-0.1, -0.05) is 32.9 Å². The minimum atomic E-state index is -3.55. The van der Waals surface area contributed by atoms with Crippen LogP contribution in [0.2, 0.25) is 0 Å². The fourth-order valence-corrected chi connectivity index (χ4v) is 5.33. The maximum Gasteiger partial charge on any atom is 0.243 e. The molecule has 3 aromatic rings. The molecule has 1 aromatic heterocycles. The van der Waals surface area contributed by atoms with E-state index in [2.05, 4.69) is 17.2 Å². The van der Waals surface area contributed by atoms with Crippen molar-refractivity contribution in [3.8, 4) is 0 Å². The molecule has 0 saturated heterocycles. The van der Waals surface area contributed by atoms with Crippen LogP contribution in [-0.4, -0.2) is 41.3 Å². The number of amides is 1. The highest BCUT2D eigenvalue weighted by molar-refractivity contribution is 7.89. The average Bonchev–Trinajstić information content (AvgIpc) is 3.15. The van der Waals surface area contributed by atoms with Crippen molar-refractivity contribution >= 4 is 32.7 Å². The number of carbonyl (C=O) groups excluding carboxylic acids is 1. The number of anilines is 1. The molecule has 0 saturated carbocycles. The Balaban J connectivity index is 1.78. The van der Waals surface area contributed by atoms with Crippen LogP contribution in [0, 0.1) is 0 Å². The number of imidazole rings is 1. The van der Waals surface area contributed by atoms with Gasteiger partial charge >= 0.3 is 0 Å². The molecule has 7 nitrogen and oxygen atoms in total. The Kier molecular flexibility index (Phi) is 7.69. The Hall–Kier alpha value is -2.71. The first-order valence-corrected chi connectivity index (χ1v) is 12.7. The molecule has 172 valence electrons. The Morgan fingerprint density at radius 3 is 2.31 bits per heavy atom. The maximum atomic E-state index is 12.9. The van der Waals surface area contributed by atoms with Gasteiger partial charge in [-0.2, -0.15) is 4.31 Å². The van der Waals surface area contributed by atoms with Gasteiger partial charge in [0.25, 0.3) is 0 Å². The molecular formula is C24H32N4O3S. The number of sulfonamides is 1. The van der Waals surface area contributed by atoms with E-state index in [0.29, 0.717) is 38.0 Å². The zero-order valence-electron chi connectivity index (χ0n) is 19.3. The van der Waals surface area contributed by atoms with Crippen molar-refractivity contribution in [3.63, 3.8) is 0 Å². The number of nitrogens with zero attached hydrogens (tertiary/aromatic N) is 3. The van der Waals surface area contributed by atoms with E-state index in [-0.39, 0.29) is 10.8 Å². The fraction of sp³-hybridized carbons (Fsp3) is 0.417. The van der Waals surface area contributed by atoms with Crippen molar-refractivity contribution < 1.29 is 13.2 Å². The first-order valence-electron chi connectivity index (χ1n) is 11.2. The van der Waals surface area contributed by atoms with Gasteiger partial charge in [0.1, 0.15) is 5.82 Å². The molecular weight excluding hydrogens is 424 g/mol. The molecule has 3 rings (SSSR count). The molecule has 2 aromatic carbocycles. The molecule has 0 spiro atoms. The SMILES string of the molecule is CCc1ccc(NC(=O)CCc2nc3cc(S(=O)(=O)N(CC)CC)ccc3n2CC)cc1. The third-order valence-corrected chi connectivity index (χ3v) is 7.73. The van der Waals surface area contributed by atoms with E-state index >= 15 is 0 Å². The van der Waals surface area contributed by atoms with Gasteiger partial charge in [0, 0.05) is 38.2 Å². The van der Waals surface area contributed by atoms with Gasteiger partial charge < -0.3 is 9.88 Å². The molecule has 1 heterocycles. The Bertz CT molecular complexity index is 1180. The number of hydrogen-bond acceptors (Lipinski definition) is 4. The van der Waals surface area contributed by atoms with Crippen LogP contribution in [0.4, 0.5) is 5.69 Å². The highest BCUT2D eigenvalue weighted by Gasteiger charge is 2.23. The summed E-state index contributed by atoms with van der Waals surface area (Å²) in [7, 11) is -3.55. The number of hydrogen-bond donors (Lipinski definition) is 1. The number of rotatable bonds is 10. The van der Waals surface area contributed by atoms with E-state index in [1.807, 2.05) is 49.6 Å². The molecule has 32 heavy (non-hydrogen) atoms. The van der Waals surface area contributed by atoms with Gasteiger partial charge in [0.2, 0.25) is 15.9 Å². The van der Waals surface area contributed by atoms with Crippen LogP contribution in [-0.2, 0) is 34.2 Å². The lowest BCUT2D eigenvalue weighted by molar-refractivity contribution is -0.116. The van der Waals surface area contributed by atoms with Crippen molar-refractivity contribution in [2.45, 2.75) is 58.4 Å².